The molecule has 0 spiro atoms. The van der Waals surface area contributed by atoms with Gasteiger partial charge in [-0.2, -0.15) is 5.10 Å². The van der Waals surface area contributed by atoms with Crippen LogP contribution < -0.4 is 5.73 Å². The Bertz CT molecular complexity index is 832. The monoisotopic (exact) mass is 320 g/mol. The lowest BCUT2D eigenvalue weighted by molar-refractivity contribution is 0.573. The van der Waals surface area contributed by atoms with Crippen molar-refractivity contribution >= 4 is 17.3 Å². The fraction of sp³-hybridized carbons (Fsp3) is 0.0667. The zero-order chi connectivity index (χ0) is 15.7. The Kier molecular flexibility index (Phi) is 3.77. The second-order valence-electron chi connectivity index (χ2n) is 4.75. The van der Waals surface area contributed by atoms with E-state index in [9.17, 15) is 8.78 Å². The maximum Gasteiger partial charge on any atom is 0.181 e. The van der Waals surface area contributed by atoms with E-state index < -0.39 is 11.6 Å². The highest BCUT2D eigenvalue weighted by Crippen LogP contribution is 2.25. The Morgan fingerprint density at radius 3 is 2.68 bits per heavy atom. The van der Waals surface area contributed by atoms with Crippen molar-refractivity contribution in [1.29, 1.82) is 0 Å². The lowest BCUT2D eigenvalue weighted by Crippen LogP contribution is -1.95. The van der Waals surface area contributed by atoms with Crippen molar-refractivity contribution in [3.63, 3.8) is 0 Å². The molecule has 0 saturated carbocycles. The first-order chi connectivity index (χ1) is 10.5. The van der Waals surface area contributed by atoms with Gasteiger partial charge < -0.3 is 5.73 Å². The molecule has 112 valence electrons. The molecule has 3 aromatic rings. The van der Waals surface area contributed by atoms with Gasteiger partial charge in [0, 0.05) is 18.1 Å². The van der Waals surface area contributed by atoms with Crippen LogP contribution in [0.4, 0.5) is 14.5 Å². The van der Waals surface area contributed by atoms with Crippen LogP contribution in [-0.2, 0) is 6.42 Å². The van der Waals surface area contributed by atoms with Crippen molar-refractivity contribution in [2.75, 3.05) is 5.73 Å². The molecule has 0 bridgehead atoms. The molecule has 4 nitrogen and oxygen atoms in total. The van der Waals surface area contributed by atoms with Crippen molar-refractivity contribution in [3.05, 3.63) is 64.4 Å². The molecule has 0 aliphatic carbocycles. The van der Waals surface area contributed by atoms with E-state index in [0.29, 0.717) is 33.5 Å². The molecule has 1 heterocycles. The van der Waals surface area contributed by atoms with Crippen LogP contribution in [0.3, 0.4) is 0 Å². The van der Waals surface area contributed by atoms with Crippen molar-refractivity contribution in [2.24, 2.45) is 0 Å². The summed E-state index contributed by atoms with van der Waals surface area (Å²) in [6.45, 7) is 0. The van der Waals surface area contributed by atoms with Gasteiger partial charge in [-0.1, -0.05) is 17.7 Å². The summed E-state index contributed by atoms with van der Waals surface area (Å²) in [7, 11) is 0. The van der Waals surface area contributed by atoms with Gasteiger partial charge in [-0.05, 0) is 29.8 Å². The number of aromatic nitrogens is 3. The minimum absolute atomic E-state index is 0.183. The normalized spacial score (nSPS) is 10.9. The van der Waals surface area contributed by atoms with Crippen molar-refractivity contribution < 1.29 is 8.78 Å². The summed E-state index contributed by atoms with van der Waals surface area (Å²) in [5.41, 5.74) is 7.20. The molecule has 0 fully saturated rings. The van der Waals surface area contributed by atoms with E-state index in [2.05, 4.69) is 15.2 Å². The third-order valence-corrected chi connectivity index (χ3v) is 3.50. The maximum absolute atomic E-state index is 13.6. The third kappa shape index (κ3) is 2.92. The summed E-state index contributed by atoms with van der Waals surface area (Å²) in [5, 5.41) is 7.25. The quantitative estimate of drug-likeness (QED) is 0.725. The number of nitrogen functional groups attached to an aromatic ring is 1. The van der Waals surface area contributed by atoms with Gasteiger partial charge in [-0.25, -0.2) is 13.8 Å². The summed E-state index contributed by atoms with van der Waals surface area (Å²) in [6.07, 6.45) is 0.183. The maximum atomic E-state index is 13.6. The summed E-state index contributed by atoms with van der Waals surface area (Å²) in [5.74, 6) is -0.334. The van der Waals surface area contributed by atoms with Crippen LogP contribution in [0.2, 0.25) is 5.02 Å². The van der Waals surface area contributed by atoms with Crippen molar-refractivity contribution in [1.82, 2.24) is 15.2 Å². The molecule has 22 heavy (non-hydrogen) atoms. The number of nitrogens with zero attached hydrogens (tertiary/aromatic N) is 2. The smallest absolute Gasteiger partial charge is 0.181 e. The first-order valence-corrected chi connectivity index (χ1v) is 6.81. The van der Waals surface area contributed by atoms with E-state index in [1.807, 2.05) is 0 Å². The second-order valence-corrected chi connectivity index (χ2v) is 5.16. The fourth-order valence-electron chi connectivity index (χ4n) is 2.03. The largest absolute Gasteiger partial charge is 0.398 e. The minimum atomic E-state index is -0.617. The second kappa shape index (κ2) is 5.73. The van der Waals surface area contributed by atoms with Gasteiger partial charge in [-0.15, -0.1) is 0 Å². The molecule has 3 N–H and O–H groups in total. The number of halogens is 3. The summed E-state index contributed by atoms with van der Waals surface area (Å²) in [6, 6.07) is 8.48. The molecule has 0 aliphatic heterocycles. The lowest BCUT2D eigenvalue weighted by atomic mass is 10.1. The number of hydrogen-bond donors (Lipinski definition) is 2. The highest BCUT2D eigenvalue weighted by molar-refractivity contribution is 6.33. The first-order valence-electron chi connectivity index (χ1n) is 6.43. The highest BCUT2D eigenvalue weighted by Gasteiger charge is 2.10. The molecule has 1 aromatic heterocycles. The predicted molar refractivity (Wildman–Crippen MR) is 80.4 cm³/mol. The Balaban J connectivity index is 1.85. The molecule has 0 saturated heterocycles. The van der Waals surface area contributed by atoms with E-state index in [1.165, 1.54) is 12.1 Å². The van der Waals surface area contributed by atoms with Crippen LogP contribution in [0.15, 0.2) is 36.4 Å². The summed E-state index contributed by atoms with van der Waals surface area (Å²) >= 11 is 5.86. The molecule has 0 amide bonds. The molecular formula is C15H11ClF2N4. The molecule has 3 rings (SSSR count). The fourth-order valence-corrected chi connectivity index (χ4v) is 2.15. The number of hydrogen-bond acceptors (Lipinski definition) is 3. The standard InChI is InChI=1S/C15H11ClF2N4/c16-11-4-2-9(5-13(11)19)15-20-14(21-22-15)6-8-1-3-10(17)7-12(8)18/h1-5,7H,6,19H2,(H,20,21,22). The summed E-state index contributed by atoms with van der Waals surface area (Å²) in [4.78, 5) is 4.28. The molecular weight excluding hydrogens is 310 g/mol. The zero-order valence-electron chi connectivity index (χ0n) is 11.3. The number of anilines is 1. The third-order valence-electron chi connectivity index (χ3n) is 3.16. The molecule has 0 radical (unpaired) electrons. The van der Waals surface area contributed by atoms with E-state index in [1.54, 1.807) is 18.2 Å². The van der Waals surface area contributed by atoms with E-state index in [-0.39, 0.29) is 6.42 Å². The Labute approximate surface area is 130 Å². The Hall–Kier alpha value is -2.47. The molecule has 2 aromatic carbocycles. The zero-order valence-corrected chi connectivity index (χ0v) is 12.0. The Morgan fingerprint density at radius 1 is 1.14 bits per heavy atom. The van der Waals surface area contributed by atoms with Gasteiger partial charge in [0.15, 0.2) is 5.82 Å². The molecule has 7 heteroatoms. The average Bonchev–Trinajstić information content (AvgIpc) is 2.93. The number of nitrogens with one attached hydrogen (secondary N) is 1. The van der Waals surface area contributed by atoms with Crippen molar-refractivity contribution in [3.8, 4) is 11.4 Å². The molecule has 0 aliphatic rings. The van der Waals surface area contributed by atoms with Gasteiger partial charge in [0.25, 0.3) is 0 Å². The molecule has 0 atom stereocenters. The topological polar surface area (TPSA) is 67.6 Å². The number of nitrogens with two attached hydrogens (primary N) is 1. The van der Waals surface area contributed by atoms with Crippen LogP contribution >= 0.6 is 11.6 Å². The number of benzene rings is 2. The van der Waals surface area contributed by atoms with Gasteiger partial charge in [0.2, 0.25) is 0 Å². The number of rotatable bonds is 3. The van der Waals surface area contributed by atoms with Crippen LogP contribution in [0.5, 0.6) is 0 Å². The van der Waals surface area contributed by atoms with Crippen molar-refractivity contribution in [2.45, 2.75) is 6.42 Å². The van der Waals surface area contributed by atoms with E-state index in [0.717, 1.165) is 6.07 Å². The number of H-pyrrole nitrogens is 1. The summed E-state index contributed by atoms with van der Waals surface area (Å²) < 4.78 is 26.5. The van der Waals surface area contributed by atoms with Gasteiger partial charge in [0.05, 0.1) is 10.7 Å². The molecule has 0 unspecified atom stereocenters. The predicted octanol–water partition coefficient (Wildman–Crippen LogP) is 3.58. The van der Waals surface area contributed by atoms with Crippen LogP contribution in [0.1, 0.15) is 11.4 Å². The lowest BCUT2D eigenvalue weighted by Gasteiger charge is -2.01. The van der Waals surface area contributed by atoms with Crippen LogP contribution in [0, 0.1) is 11.6 Å². The minimum Gasteiger partial charge on any atom is -0.398 e. The van der Waals surface area contributed by atoms with Crippen LogP contribution in [-0.4, -0.2) is 15.2 Å². The Morgan fingerprint density at radius 2 is 1.95 bits per heavy atom. The SMILES string of the molecule is Nc1cc(-c2n[nH]c(Cc3ccc(F)cc3F)n2)ccc1Cl. The van der Waals surface area contributed by atoms with Gasteiger partial charge in [0.1, 0.15) is 17.5 Å². The van der Waals surface area contributed by atoms with Crippen LogP contribution in [0.25, 0.3) is 11.4 Å². The van der Waals surface area contributed by atoms with E-state index >= 15 is 0 Å². The number of aromatic amines is 1. The van der Waals surface area contributed by atoms with Gasteiger partial charge >= 0.3 is 0 Å². The first kappa shape index (κ1) is 14.5. The van der Waals surface area contributed by atoms with Gasteiger partial charge in [-0.3, -0.25) is 5.10 Å². The average molecular weight is 321 g/mol. The highest BCUT2D eigenvalue weighted by atomic mass is 35.5. The van der Waals surface area contributed by atoms with E-state index in [4.69, 9.17) is 17.3 Å².